The van der Waals surface area contributed by atoms with E-state index in [9.17, 15) is 22.4 Å². The molecule has 94 valence electrons. The van der Waals surface area contributed by atoms with Gasteiger partial charge in [0.1, 0.15) is 5.82 Å². The molecule has 0 spiro atoms. The zero-order chi connectivity index (χ0) is 13.2. The molecule has 0 unspecified atom stereocenters. The minimum Gasteiger partial charge on any atom is -0.481 e. The summed E-state index contributed by atoms with van der Waals surface area (Å²) in [5, 5.41) is 8.52. The minimum atomic E-state index is -4.56. The molecule has 0 fully saturated rings. The summed E-state index contributed by atoms with van der Waals surface area (Å²) in [6, 6.07) is 1.99. The standard InChI is InChI=1S/C11H10F4O2/c1-6(4-10(16)17)8-5-7(11(13,14)15)2-3-9(8)12/h2-3,5-6H,4H2,1H3,(H,16,17)/t6-/m0/s1. The smallest absolute Gasteiger partial charge is 0.416 e. The fourth-order valence-corrected chi connectivity index (χ4v) is 1.47. The second kappa shape index (κ2) is 4.73. The van der Waals surface area contributed by atoms with Crippen LogP contribution in [0.4, 0.5) is 17.6 Å². The van der Waals surface area contributed by atoms with Crippen LogP contribution >= 0.6 is 0 Å². The van der Waals surface area contributed by atoms with Gasteiger partial charge in [-0.15, -0.1) is 0 Å². The van der Waals surface area contributed by atoms with Crippen molar-refractivity contribution in [3.05, 3.63) is 35.1 Å². The molecule has 1 aromatic rings. The largest absolute Gasteiger partial charge is 0.481 e. The van der Waals surface area contributed by atoms with Crippen molar-refractivity contribution in [2.24, 2.45) is 0 Å². The maximum atomic E-state index is 13.3. The molecule has 1 N–H and O–H groups in total. The predicted octanol–water partition coefficient (Wildman–Crippen LogP) is 3.42. The van der Waals surface area contributed by atoms with E-state index in [1.54, 1.807) is 0 Å². The van der Waals surface area contributed by atoms with E-state index >= 15 is 0 Å². The molecule has 0 amide bonds. The molecule has 0 aliphatic carbocycles. The number of carboxylic acid groups (broad SMARTS) is 1. The van der Waals surface area contributed by atoms with Gasteiger partial charge in [-0.3, -0.25) is 4.79 Å². The summed E-state index contributed by atoms with van der Waals surface area (Å²) in [6.45, 7) is 1.37. The Bertz CT molecular complexity index is 426. The third-order valence-electron chi connectivity index (χ3n) is 2.34. The van der Waals surface area contributed by atoms with E-state index in [4.69, 9.17) is 5.11 Å². The normalized spacial score (nSPS) is 13.5. The highest BCUT2D eigenvalue weighted by atomic mass is 19.4. The average Bonchev–Trinajstić information content (AvgIpc) is 2.15. The summed E-state index contributed by atoms with van der Waals surface area (Å²) < 4.78 is 50.5. The summed E-state index contributed by atoms with van der Waals surface area (Å²) in [5.74, 6) is -2.82. The molecule has 0 aromatic heterocycles. The third-order valence-corrected chi connectivity index (χ3v) is 2.34. The number of halogens is 4. The van der Waals surface area contributed by atoms with Gasteiger partial charge >= 0.3 is 12.1 Å². The van der Waals surface area contributed by atoms with Crippen molar-refractivity contribution in [2.45, 2.75) is 25.4 Å². The Morgan fingerprint density at radius 1 is 1.41 bits per heavy atom. The second-order valence-electron chi connectivity index (χ2n) is 3.73. The van der Waals surface area contributed by atoms with Crippen molar-refractivity contribution in [2.75, 3.05) is 0 Å². The van der Waals surface area contributed by atoms with Gasteiger partial charge in [0.25, 0.3) is 0 Å². The first-order valence-electron chi connectivity index (χ1n) is 4.80. The lowest BCUT2D eigenvalue weighted by Crippen LogP contribution is -2.09. The summed E-state index contributed by atoms with van der Waals surface area (Å²) in [4.78, 5) is 10.4. The van der Waals surface area contributed by atoms with Crippen LogP contribution in [0.3, 0.4) is 0 Å². The molecule has 0 aliphatic heterocycles. The van der Waals surface area contributed by atoms with Gasteiger partial charge in [-0.2, -0.15) is 13.2 Å². The van der Waals surface area contributed by atoms with Crippen molar-refractivity contribution < 1.29 is 27.5 Å². The van der Waals surface area contributed by atoms with Gasteiger partial charge in [0.05, 0.1) is 12.0 Å². The van der Waals surface area contributed by atoms with Crippen LogP contribution in [-0.4, -0.2) is 11.1 Å². The average molecular weight is 250 g/mol. The fraction of sp³-hybridized carbons (Fsp3) is 0.364. The Morgan fingerprint density at radius 2 is 2.00 bits per heavy atom. The first-order chi connectivity index (χ1) is 7.71. The van der Waals surface area contributed by atoms with Crippen molar-refractivity contribution in [3.63, 3.8) is 0 Å². The Kier molecular flexibility index (Phi) is 3.75. The molecule has 0 aliphatic rings. The number of hydrogen-bond acceptors (Lipinski definition) is 1. The minimum absolute atomic E-state index is 0.234. The predicted molar refractivity (Wildman–Crippen MR) is 52.1 cm³/mol. The van der Waals surface area contributed by atoms with Crippen LogP contribution in [0.5, 0.6) is 0 Å². The van der Waals surface area contributed by atoms with Gasteiger partial charge in [-0.1, -0.05) is 6.92 Å². The third kappa shape index (κ3) is 3.44. The fourth-order valence-electron chi connectivity index (χ4n) is 1.47. The Balaban J connectivity index is 3.10. The van der Waals surface area contributed by atoms with E-state index in [0.717, 1.165) is 0 Å². The number of rotatable bonds is 3. The molecule has 0 saturated carbocycles. The van der Waals surface area contributed by atoms with Crippen molar-refractivity contribution in [3.8, 4) is 0 Å². The van der Waals surface area contributed by atoms with E-state index in [-0.39, 0.29) is 5.56 Å². The number of benzene rings is 1. The summed E-state index contributed by atoms with van der Waals surface area (Å²) in [6.07, 6.45) is -4.98. The highest BCUT2D eigenvalue weighted by Crippen LogP contribution is 2.32. The monoisotopic (exact) mass is 250 g/mol. The van der Waals surface area contributed by atoms with E-state index < -0.39 is 35.9 Å². The van der Waals surface area contributed by atoms with Crippen LogP contribution in [0.1, 0.15) is 30.4 Å². The molecular formula is C11H10F4O2. The van der Waals surface area contributed by atoms with Crippen LogP contribution in [0.15, 0.2) is 18.2 Å². The molecule has 1 aromatic carbocycles. The molecule has 0 radical (unpaired) electrons. The first kappa shape index (κ1) is 13.5. The maximum Gasteiger partial charge on any atom is 0.416 e. The molecule has 1 atom stereocenters. The van der Waals surface area contributed by atoms with E-state index in [1.165, 1.54) is 6.92 Å². The van der Waals surface area contributed by atoms with E-state index in [1.807, 2.05) is 0 Å². The van der Waals surface area contributed by atoms with Crippen LogP contribution in [0.2, 0.25) is 0 Å². The quantitative estimate of drug-likeness (QED) is 0.834. The molecule has 0 heterocycles. The number of carboxylic acids is 1. The van der Waals surface area contributed by atoms with Gasteiger partial charge in [-0.25, -0.2) is 4.39 Å². The van der Waals surface area contributed by atoms with Crippen molar-refractivity contribution >= 4 is 5.97 Å². The summed E-state index contributed by atoms with van der Waals surface area (Å²) >= 11 is 0. The topological polar surface area (TPSA) is 37.3 Å². The Hall–Kier alpha value is -1.59. The van der Waals surface area contributed by atoms with Crippen molar-refractivity contribution in [1.82, 2.24) is 0 Å². The lowest BCUT2D eigenvalue weighted by atomic mass is 9.95. The highest BCUT2D eigenvalue weighted by molar-refractivity contribution is 5.68. The molecule has 2 nitrogen and oxygen atoms in total. The molecule has 1 rings (SSSR count). The van der Waals surface area contributed by atoms with Gasteiger partial charge in [-0.05, 0) is 29.7 Å². The lowest BCUT2D eigenvalue weighted by molar-refractivity contribution is -0.138. The number of hydrogen-bond donors (Lipinski definition) is 1. The van der Waals surface area contributed by atoms with Gasteiger partial charge < -0.3 is 5.11 Å². The van der Waals surface area contributed by atoms with E-state index in [2.05, 4.69) is 0 Å². The Labute approximate surface area is 94.9 Å². The zero-order valence-corrected chi connectivity index (χ0v) is 8.88. The highest BCUT2D eigenvalue weighted by Gasteiger charge is 2.31. The molecule has 0 saturated heterocycles. The van der Waals surface area contributed by atoms with Crippen LogP contribution in [-0.2, 0) is 11.0 Å². The zero-order valence-electron chi connectivity index (χ0n) is 8.88. The number of alkyl halides is 3. The Morgan fingerprint density at radius 3 is 2.47 bits per heavy atom. The molecule has 17 heavy (non-hydrogen) atoms. The maximum absolute atomic E-state index is 13.3. The van der Waals surface area contributed by atoms with Crippen LogP contribution < -0.4 is 0 Å². The first-order valence-corrected chi connectivity index (χ1v) is 4.80. The molecule has 6 heteroatoms. The summed E-state index contributed by atoms with van der Waals surface area (Å²) in [5.41, 5.74) is -1.21. The van der Waals surface area contributed by atoms with Crippen molar-refractivity contribution in [1.29, 1.82) is 0 Å². The van der Waals surface area contributed by atoms with Gasteiger partial charge in [0, 0.05) is 0 Å². The number of aliphatic carboxylic acids is 1. The van der Waals surface area contributed by atoms with Gasteiger partial charge in [0.2, 0.25) is 0 Å². The SMILES string of the molecule is C[C@@H](CC(=O)O)c1cc(C(F)(F)F)ccc1F. The number of carbonyl (C=O) groups is 1. The summed E-state index contributed by atoms with van der Waals surface area (Å²) in [7, 11) is 0. The lowest BCUT2D eigenvalue weighted by Gasteiger charge is -2.13. The van der Waals surface area contributed by atoms with E-state index in [0.29, 0.717) is 18.2 Å². The molecule has 0 bridgehead atoms. The van der Waals surface area contributed by atoms with Crippen LogP contribution in [0.25, 0.3) is 0 Å². The van der Waals surface area contributed by atoms with Gasteiger partial charge in [0.15, 0.2) is 0 Å². The van der Waals surface area contributed by atoms with Crippen LogP contribution in [0, 0.1) is 5.82 Å². The molecular weight excluding hydrogens is 240 g/mol. The second-order valence-corrected chi connectivity index (χ2v) is 3.73.